The van der Waals surface area contributed by atoms with Gasteiger partial charge in [0, 0.05) is 18.7 Å². The number of hydrogen-bond acceptors (Lipinski definition) is 6. The Morgan fingerprint density at radius 2 is 2.03 bits per heavy atom. The van der Waals surface area contributed by atoms with Crippen LogP contribution in [0.5, 0.6) is 11.5 Å². The number of pyridine rings is 1. The maximum absolute atomic E-state index is 13.7. The second kappa shape index (κ2) is 11.1. The van der Waals surface area contributed by atoms with Crippen molar-refractivity contribution in [3.63, 3.8) is 0 Å². The number of hydrogen-bond donors (Lipinski definition) is 1. The number of rotatable bonds is 9. The van der Waals surface area contributed by atoms with Gasteiger partial charge in [-0.3, -0.25) is 14.1 Å². The van der Waals surface area contributed by atoms with Gasteiger partial charge in [-0.15, -0.1) is 0 Å². The van der Waals surface area contributed by atoms with Gasteiger partial charge in [-0.25, -0.2) is 8.42 Å². The summed E-state index contributed by atoms with van der Waals surface area (Å²) in [5.41, 5.74) is 1.34. The largest absolute Gasteiger partial charge is 0.486 e. The molecule has 2 aromatic carbocycles. The lowest BCUT2D eigenvalue weighted by Gasteiger charge is -2.35. The maximum atomic E-state index is 13.7. The summed E-state index contributed by atoms with van der Waals surface area (Å²) < 4.78 is 64.1. The highest BCUT2D eigenvalue weighted by Crippen LogP contribution is 2.39. The van der Waals surface area contributed by atoms with Crippen molar-refractivity contribution < 1.29 is 36.6 Å². The molecule has 1 unspecified atom stereocenters. The van der Waals surface area contributed by atoms with Crippen LogP contribution in [0.25, 0.3) is 12.2 Å². The first-order valence-corrected chi connectivity index (χ1v) is 12.8. The summed E-state index contributed by atoms with van der Waals surface area (Å²) in [6.45, 7) is -3.30. The predicted octanol–water partition coefficient (Wildman–Crippen LogP) is 5.33. The van der Waals surface area contributed by atoms with Crippen LogP contribution in [0, 0.1) is 0 Å². The van der Waals surface area contributed by atoms with E-state index in [0.717, 1.165) is 10.4 Å². The lowest BCUT2D eigenvalue weighted by Crippen LogP contribution is -2.43. The fourth-order valence-electron chi connectivity index (χ4n) is 3.73. The molecule has 0 saturated carbocycles. The molecule has 0 radical (unpaired) electrons. The molecule has 12 heteroatoms. The van der Waals surface area contributed by atoms with E-state index in [0.29, 0.717) is 16.3 Å². The zero-order valence-electron chi connectivity index (χ0n) is 19.1. The highest BCUT2D eigenvalue weighted by molar-refractivity contribution is 7.92. The Hall–Kier alpha value is -3.70. The summed E-state index contributed by atoms with van der Waals surface area (Å²) in [4.78, 5) is 15.0. The summed E-state index contributed by atoms with van der Waals surface area (Å²) in [6, 6.07) is 13.1. The summed E-state index contributed by atoms with van der Waals surface area (Å²) in [5.74, 6) is -1.12. The zero-order chi connectivity index (χ0) is 26.6. The van der Waals surface area contributed by atoms with E-state index in [9.17, 15) is 22.0 Å². The minimum atomic E-state index is -4.27. The van der Waals surface area contributed by atoms with Gasteiger partial charge in [-0.05, 0) is 54.5 Å². The number of fused-ring (bicyclic) bond motifs is 1. The number of carbonyl (C=O) groups is 1. The molecule has 37 heavy (non-hydrogen) atoms. The molecule has 194 valence electrons. The predicted molar refractivity (Wildman–Crippen MR) is 134 cm³/mol. The van der Waals surface area contributed by atoms with E-state index < -0.39 is 28.7 Å². The van der Waals surface area contributed by atoms with Crippen LogP contribution in [-0.2, 0) is 14.8 Å². The summed E-state index contributed by atoms with van der Waals surface area (Å²) in [6.07, 6.45) is 4.06. The minimum Gasteiger partial charge on any atom is -0.486 e. The minimum absolute atomic E-state index is 0.0646. The fourth-order valence-corrected chi connectivity index (χ4v) is 5.45. The van der Waals surface area contributed by atoms with Gasteiger partial charge in [-0.2, -0.15) is 8.78 Å². The van der Waals surface area contributed by atoms with Gasteiger partial charge >= 0.3 is 12.6 Å². The molecule has 1 aliphatic rings. The standard InChI is InChI=1S/C25H21ClF2N2O6S/c26-20-5-2-12-29-21(20)9-6-16-7-10-23-22(13-16)30(15-18(35-23)8-11-24(31)32)37(33,34)19-4-1-3-17(14-19)36-25(27)28/h1-7,9-10,12-14,18,25H,8,11,15H2,(H,31,32). The van der Waals surface area contributed by atoms with Crippen LogP contribution in [-0.4, -0.2) is 43.7 Å². The molecule has 0 bridgehead atoms. The van der Waals surface area contributed by atoms with Gasteiger partial charge in [0.05, 0.1) is 27.8 Å². The van der Waals surface area contributed by atoms with Crippen LogP contribution in [0.2, 0.25) is 5.02 Å². The van der Waals surface area contributed by atoms with Gasteiger partial charge in [0.25, 0.3) is 10.0 Å². The molecule has 4 rings (SSSR count). The number of benzene rings is 2. The smallest absolute Gasteiger partial charge is 0.387 e. The Balaban J connectivity index is 1.73. The molecule has 1 N–H and O–H groups in total. The average molecular weight is 551 g/mol. The molecule has 0 amide bonds. The van der Waals surface area contributed by atoms with Gasteiger partial charge in [0.1, 0.15) is 17.6 Å². The van der Waals surface area contributed by atoms with E-state index in [-0.39, 0.29) is 41.5 Å². The highest BCUT2D eigenvalue weighted by Gasteiger charge is 2.35. The van der Waals surface area contributed by atoms with Crippen LogP contribution in [0.1, 0.15) is 24.1 Å². The molecule has 1 aliphatic heterocycles. The summed E-state index contributed by atoms with van der Waals surface area (Å²) >= 11 is 6.15. The molecule has 1 aromatic heterocycles. The van der Waals surface area contributed by atoms with Gasteiger partial charge in [-0.1, -0.05) is 29.8 Å². The van der Waals surface area contributed by atoms with Crippen molar-refractivity contribution >= 4 is 45.4 Å². The second-order valence-corrected chi connectivity index (χ2v) is 10.3. The topological polar surface area (TPSA) is 106 Å². The second-order valence-electron chi connectivity index (χ2n) is 7.99. The van der Waals surface area contributed by atoms with Crippen molar-refractivity contribution in [2.75, 3.05) is 10.8 Å². The van der Waals surface area contributed by atoms with Crippen molar-refractivity contribution in [2.24, 2.45) is 0 Å². The Labute approximate surface area is 216 Å². The van der Waals surface area contributed by atoms with Crippen molar-refractivity contribution in [3.05, 3.63) is 77.1 Å². The monoisotopic (exact) mass is 550 g/mol. The van der Waals surface area contributed by atoms with Crippen LogP contribution in [0.15, 0.2) is 65.7 Å². The summed E-state index contributed by atoms with van der Waals surface area (Å²) in [7, 11) is -4.27. The Morgan fingerprint density at radius 3 is 2.76 bits per heavy atom. The fraction of sp³-hybridized carbons (Fsp3) is 0.200. The van der Waals surface area contributed by atoms with Gasteiger partial charge < -0.3 is 14.6 Å². The van der Waals surface area contributed by atoms with E-state index >= 15 is 0 Å². The molecule has 0 spiro atoms. The Kier molecular flexibility index (Phi) is 7.94. The average Bonchev–Trinajstić information content (AvgIpc) is 2.86. The molecule has 2 heterocycles. The molecule has 0 saturated heterocycles. The van der Waals surface area contributed by atoms with E-state index in [1.165, 1.54) is 18.2 Å². The number of ether oxygens (including phenoxy) is 2. The first-order valence-electron chi connectivity index (χ1n) is 11.0. The van der Waals surface area contributed by atoms with E-state index in [1.54, 1.807) is 48.7 Å². The Bertz CT molecular complexity index is 1430. The lowest BCUT2D eigenvalue weighted by molar-refractivity contribution is -0.137. The van der Waals surface area contributed by atoms with Crippen LogP contribution in [0.4, 0.5) is 14.5 Å². The molecule has 3 aromatic rings. The number of anilines is 1. The number of carboxylic acids is 1. The van der Waals surface area contributed by atoms with Gasteiger partial charge in [0.15, 0.2) is 0 Å². The van der Waals surface area contributed by atoms with Crippen molar-refractivity contribution in [3.8, 4) is 11.5 Å². The van der Waals surface area contributed by atoms with Crippen molar-refractivity contribution in [1.29, 1.82) is 0 Å². The highest BCUT2D eigenvalue weighted by atomic mass is 35.5. The Morgan fingerprint density at radius 1 is 1.22 bits per heavy atom. The zero-order valence-corrected chi connectivity index (χ0v) is 20.7. The number of nitrogens with zero attached hydrogens (tertiary/aromatic N) is 2. The van der Waals surface area contributed by atoms with E-state index in [1.807, 2.05) is 0 Å². The molecule has 0 fully saturated rings. The maximum Gasteiger partial charge on any atom is 0.387 e. The molecule has 1 atom stereocenters. The number of alkyl halides is 2. The van der Waals surface area contributed by atoms with Crippen LogP contribution < -0.4 is 13.8 Å². The van der Waals surface area contributed by atoms with E-state index in [2.05, 4.69) is 9.72 Å². The third kappa shape index (κ3) is 6.36. The number of carboxylic acid groups (broad SMARTS) is 1. The molecular formula is C25H21ClF2N2O6S. The normalized spacial score (nSPS) is 15.5. The SMILES string of the molecule is O=C(O)CCC1CN(S(=O)(=O)c2cccc(OC(F)F)c2)c2cc(C=Cc3ncccc3Cl)ccc2O1. The first kappa shape index (κ1) is 26.4. The first-order chi connectivity index (χ1) is 17.6. The van der Waals surface area contributed by atoms with Crippen LogP contribution >= 0.6 is 11.6 Å². The lowest BCUT2D eigenvalue weighted by atomic mass is 10.1. The number of aromatic nitrogens is 1. The van der Waals surface area contributed by atoms with E-state index in [4.69, 9.17) is 21.4 Å². The van der Waals surface area contributed by atoms with Gasteiger partial charge in [0.2, 0.25) is 0 Å². The number of aliphatic carboxylic acids is 1. The quantitative estimate of drug-likeness (QED) is 0.384. The summed E-state index contributed by atoms with van der Waals surface area (Å²) in [5, 5.41) is 9.51. The third-order valence-electron chi connectivity index (χ3n) is 5.43. The molecule has 0 aliphatic carbocycles. The van der Waals surface area contributed by atoms with Crippen molar-refractivity contribution in [1.82, 2.24) is 4.98 Å². The third-order valence-corrected chi connectivity index (χ3v) is 7.53. The number of sulfonamides is 1. The van der Waals surface area contributed by atoms with Crippen molar-refractivity contribution in [2.45, 2.75) is 30.5 Å². The molecule has 8 nitrogen and oxygen atoms in total. The molecular weight excluding hydrogens is 530 g/mol. The number of halogens is 3. The van der Waals surface area contributed by atoms with Crippen LogP contribution in [0.3, 0.4) is 0 Å².